The molecule has 0 atom stereocenters. The van der Waals surface area contributed by atoms with E-state index in [0.717, 1.165) is 16.7 Å². The highest BCUT2D eigenvalue weighted by Gasteiger charge is 2.41. The second kappa shape index (κ2) is 5.55. The highest BCUT2D eigenvalue weighted by Crippen LogP contribution is 2.40. The zero-order valence-corrected chi connectivity index (χ0v) is 14.3. The summed E-state index contributed by atoms with van der Waals surface area (Å²) in [7, 11) is 0. The summed E-state index contributed by atoms with van der Waals surface area (Å²) in [6.07, 6.45) is 0.551. The van der Waals surface area contributed by atoms with Crippen LogP contribution in [0.3, 0.4) is 0 Å². The van der Waals surface area contributed by atoms with Crippen LogP contribution in [0.15, 0.2) is 30.3 Å². The fourth-order valence-corrected chi connectivity index (χ4v) is 3.47. The van der Waals surface area contributed by atoms with E-state index in [1.165, 1.54) is 24.3 Å². The first-order valence-electron chi connectivity index (χ1n) is 7.95. The Labute approximate surface area is 140 Å². The van der Waals surface area contributed by atoms with Crippen molar-refractivity contribution in [3.8, 4) is 0 Å². The normalized spacial score (nSPS) is 15.3. The first kappa shape index (κ1) is 16.4. The molecular weight excluding hydrogens is 305 g/mol. The Hall–Kier alpha value is -2.49. The van der Waals surface area contributed by atoms with Gasteiger partial charge in [0.25, 0.3) is 5.91 Å². The van der Waals surface area contributed by atoms with Gasteiger partial charge in [0.15, 0.2) is 5.78 Å². The van der Waals surface area contributed by atoms with E-state index in [2.05, 4.69) is 5.32 Å². The zero-order chi connectivity index (χ0) is 17.6. The molecule has 0 bridgehead atoms. The van der Waals surface area contributed by atoms with Crippen LogP contribution in [0.2, 0.25) is 0 Å². The van der Waals surface area contributed by atoms with Gasteiger partial charge in [-0.3, -0.25) is 9.59 Å². The van der Waals surface area contributed by atoms with Crippen LogP contribution in [0.1, 0.15) is 51.3 Å². The molecule has 0 fully saturated rings. The van der Waals surface area contributed by atoms with E-state index in [4.69, 9.17) is 0 Å². The lowest BCUT2D eigenvalue weighted by Crippen LogP contribution is -2.19. The number of rotatable bonds is 2. The molecule has 2 aromatic rings. The molecule has 0 heterocycles. The Balaban J connectivity index is 2.05. The topological polar surface area (TPSA) is 46.2 Å². The van der Waals surface area contributed by atoms with Crippen molar-refractivity contribution in [2.75, 3.05) is 5.32 Å². The van der Waals surface area contributed by atoms with Gasteiger partial charge in [-0.15, -0.1) is 0 Å². The number of carbonyl (C=O) groups excluding carboxylic acids is 2. The maximum Gasteiger partial charge on any atom is 0.256 e. The van der Waals surface area contributed by atoms with Crippen LogP contribution >= 0.6 is 0 Å². The van der Waals surface area contributed by atoms with E-state index in [9.17, 15) is 14.0 Å². The number of ketones is 1. The average molecular weight is 325 g/mol. The van der Waals surface area contributed by atoms with Crippen molar-refractivity contribution in [2.45, 2.75) is 34.1 Å². The third-order valence-corrected chi connectivity index (χ3v) is 4.61. The lowest BCUT2D eigenvalue weighted by Gasteiger charge is -2.15. The maximum atomic E-state index is 13.0. The number of Topliss-reactive ketones (excluding diaryl/α,β-unsaturated/α-hetero) is 1. The minimum absolute atomic E-state index is 0.0887. The maximum absolute atomic E-state index is 13.0. The SMILES string of the molecule is Cc1cc(C)c2c(c1C(=O)Nc1ccc(F)cc1)CC(C)(C)C2=O. The van der Waals surface area contributed by atoms with Gasteiger partial charge in [-0.1, -0.05) is 19.9 Å². The number of carbonyl (C=O) groups is 2. The first-order chi connectivity index (χ1) is 11.2. The Morgan fingerprint density at radius 1 is 1.12 bits per heavy atom. The number of hydrogen-bond donors (Lipinski definition) is 1. The summed E-state index contributed by atoms with van der Waals surface area (Å²) in [5.74, 6) is -0.528. The lowest BCUT2D eigenvalue weighted by molar-refractivity contribution is 0.0862. The fraction of sp³-hybridized carbons (Fsp3) is 0.300. The zero-order valence-electron chi connectivity index (χ0n) is 14.3. The van der Waals surface area contributed by atoms with Gasteiger partial charge in [0.05, 0.1) is 0 Å². The predicted octanol–water partition coefficient (Wildman–Crippen LogP) is 4.46. The summed E-state index contributed by atoms with van der Waals surface area (Å²) in [5.41, 5.74) is 3.84. The molecule has 1 aliphatic rings. The summed E-state index contributed by atoms with van der Waals surface area (Å²) < 4.78 is 13.0. The number of nitrogens with one attached hydrogen (secondary N) is 1. The van der Waals surface area contributed by atoms with Gasteiger partial charge in [0.2, 0.25) is 0 Å². The van der Waals surface area contributed by atoms with Crippen LogP contribution in [0.25, 0.3) is 0 Å². The molecule has 3 rings (SSSR count). The van der Waals surface area contributed by atoms with E-state index in [-0.39, 0.29) is 17.5 Å². The number of hydrogen-bond acceptors (Lipinski definition) is 2. The van der Waals surface area contributed by atoms with Crippen molar-refractivity contribution < 1.29 is 14.0 Å². The summed E-state index contributed by atoms with van der Waals surface area (Å²) in [5, 5.41) is 2.80. The van der Waals surface area contributed by atoms with Crippen molar-refractivity contribution >= 4 is 17.4 Å². The van der Waals surface area contributed by atoms with Gasteiger partial charge >= 0.3 is 0 Å². The van der Waals surface area contributed by atoms with E-state index in [0.29, 0.717) is 23.2 Å². The molecule has 124 valence electrons. The van der Waals surface area contributed by atoms with Crippen molar-refractivity contribution in [3.63, 3.8) is 0 Å². The van der Waals surface area contributed by atoms with E-state index >= 15 is 0 Å². The summed E-state index contributed by atoms with van der Waals surface area (Å²) in [6, 6.07) is 7.53. The number of benzene rings is 2. The molecule has 3 nitrogen and oxygen atoms in total. The van der Waals surface area contributed by atoms with Crippen molar-refractivity contribution in [3.05, 3.63) is 64.0 Å². The van der Waals surface area contributed by atoms with Gasteiger partial charge < -0.3 is 5.32 Å². The number of halogens is 1. The number of fused-ring (bicyclic) bond motifs is 1. The Morgan fingerprint density at radius 3 is 2.38 bits per heavy atom. The molecule has 0 aromatic heterocycles. The monoisotopic (exact) mass is 325 g/mol. The van der Waals surface area contributed by atoms with Crippen LogP contribution in [0, 0.1) is 25.1 Å². The summed E-state index contributed by atoms with van der Waals surface area (Å²) in [6.45, 7) is 7.60. The van der Waals surface area contributed by atoms with Gasteiger partial charge in [0.1, 0.15) is 5.82 Å². The van der Waals surface area contributed by atoms with Crippen molar-refractivity contribution in [1.29, 1.82) is 0 Å². The van der Waals surface area contributed by atoms with E-state index in [1.807, 2.05) is 33.8 Å². The molecule has 24 heavy (non-hydrogen) atoms. The highest BCUT2D eigenvalue weighted by atomic mass is 19.1. The van der Waals surface area contributed by atoms with Crippen LogP contribution in [0.5, 0.6) is 0 Å². The third kappa shape index (κ3) is 2.62. The Morgan fingerprint density at radius 2 is 1.75 bits per heavy atom. The molecule has 0 saturated heterocycles. The second-order valence-electron chi connectivity index (χ2n) is 7.09. The lowest BCUT2D eigenvalue weighted by atomic mass is 9.88. The quantitative estimate of drug-likeness (QED) is 0.886. The van der Waals surface area contributed by atoms with Crippen LogP contribution in [-0.2, 0) is 6.42 Å². The average Bonchev–Trinajstić information content (AvgIpc) is 2.72. The van der Waals surface area contributed by atoms with E-state index in [1.54, 1.807) is 0 Å². The first-order valence-corrected chi connectivity index (χ1v) is 7.95. The Kier molecular flexibility index (Phi) is 3.78. The van der Waals surface area contributed by atoms with Gasteiger partial charge in [-0.25, -0.2) is 4.39 Å². The number of aryl methyl sites for hydroxylation is 2. The minimum atomic E-state index is -0.494. The van der Waals surface area contributed by atoms with Crippen molar-refractivity contribution in [1.82, 2.24) is 0 Å². The van der Waals surface area contributed by atoms with Crippen LogP contribution < -0.4 is 5.32 Å². The number of amides is 1. The predicted molar refractivity (Wildman–Crippen MR) is 92.1 cm³/mol. The molecule has 4 heteroatoms. The molecule has 1 N–H and O–H groups in total. The molecular formula is C20H20FNO2. The third-order valence-electron chi connectivity index (χ3n) is 4.61. The summed E-state index contributed by atoms with van der Waals surface area (Å²) in [4.78, 5) is 25.4. The Bertz CT molecular complexity index is 851. The second-order valence-corrected chi connectivity index (χ2v) is 7.09. The molecule has 1 amide bonds. The molecule has 0 aliphatic heterocycles. The smallest absolute Gasteiger partial charge is 0.256 e. The van der Waals surface area contributed by atoms with E-state index < -0.39 is 5.41 Å². The molecule has 0 radical (unpaired) electrons. The van der Waals surface area contributed by atoms with Gasteiger partial charge in [0, 0.05) is 22.2 Å². The molecule has 0 saturated carbocycles. The highest BCUT2D eigenvalue weighted by molar-refractivity contribution is 6.12. The minimum Gasteiger partial charge on any atom is -0.322 e. The van der Waals surface area contributed by atoms with Crippen LogP contribution in [0.4, 0.5) is 10.1 Å². The van der Waals surface area contributed by atoms with Gasteiger partial charge in [-0.05, 0) is 61.2 Å². The largest absolute Gasteiger partial charge is 0.322 e. The molecule has 1 aliphatic carbocycles. The molecule has 2 aromatic carbocycles. The molecule has 0 unspecified atom stereocenters. The van der Waals surface area contributed by atoms with Gasteiger partial charge in [-0.2, -0.15) is 0 Å². The standard InChI is InChI=1S/C20H20FNO2/c1-11-9-12(2)17(15-10-20(3,4)18(23)16(11)15)19(24)22-14-7-5-13(21)6-8-14/h5-9H,10H2,1-4H3,(H,22,24). The number of anilines is 1. The summed E-state index contributed by atoms with van der Waals surface area (Å²) >= 11 is 0. The molecule has 0 spiro atoms. The van der Waals surface area contributed by atoms with Crippen molar-refractivity contribution in [2.24, 2.45) is 5.41 Å². The fourth-order valence-electron chi connectivity index (χ4n) is 3.47. The van der Waals surface area contributed by atoms with Crippen LogP contribution in [-0.4, -0.2) is 11.7 Å².